The molecule has 3 rings (SSSR count). The first-order valence-electron chi connectivity index (χ1n) is 6.88. The standard InChI is InChI=1S/C14H18N2O3S/c17-10-14-15-12-4-1-2-5-13(12)16(14)8-3-9-20(18,19)11-6-7-11/h1-2,4-5,11,17H,3,6-10H2. The summed E-state index contributed by atoms with van der Waals surface area (Å²) >= 11 is 0. The Hall–Kier alpha value is -1.40. The number of imidazole rings is 1. The van der Waals surface area contributed by atoms with Crippen LogP contribution in [0.1, 0.15) is 25.1 Å². The van der Waals surface area contributed by atoms with Gasteiger partial charge in [0.1, 0.15) is 12.4 Å². The summed E-state index contributed by atoms with van der Waals surface area (Å²) in [5.74, 6) is 0.810. The van der Waals surface area contributed by atoms with E-state index in [1.807, 2.05) is 28.8 Å². The number of hydrogen-bond acceptors (Lipinski definition) is 4. The van der Waals surface area contributed by atoms with Crippen molar-refractivity contribution in [2.45, 2.75) is 37.7 Å². The molecule has 1 aliphatic rings. The minimum absolute atomic E-state index is 0.0978. The Balaban J connectivity index is 1.76. The maximum absolute atomic E-state index is 11.9. The molecule has 0 bridgehead atoms. The monoisotopic (exact) mass is 294 g/mol. The van der Waals surface area contributed by atoms with Crippen LogP contribution in [-0.2, 0) is 23.0 Å². The molecule has 0 aliphatic heterocycles. The van der Waals surface area contributed by atoms with Gasteiger partial charge in [0.2, 0.25) is 0 Å². The molecule has 2 aromatic rings. The number of sulfone groups is 1. The van der Waals surface area contributed by atoms with Crippen LogP contribution in [0.15, 0.2) is 24.3 Å². The number of benzene rings is 1. The maximum atomic E-state index is 11.9. The fourth-order valence-electron chi connectivity index (χ4n) is 2.51. The van der Waals surface area contributed by atoms with Crippen molar-refractivity contribution >= 4 is 20.9 Å². The SMILES string of the molecule is O=S(=O)(CCCn1c(CO)nc2ccccc21)C1CC1. The average molecular weight is 294 g/mol. The molecule has 1 saturated carbocycles. The van der Waals surface area contributed by atoms with Gasteiger partial charge in [0, 0.05) is 6.54 Å². The summed E-state index contributed by atoms with van der Waals surface area (Å²) in [5, 5.41) is 9.28. The molecular weight excluding hydrogens is 276 g/mol. The molecule has 0 unspecified atom stereocenters. The number of aryl methyl sites for hydroxylation is 1. The van der Waals surface area contributed by atoms with Gasteiger partial charge in [-0.1, -0.05) is 12.1 Å². The summed E-state index contributed by atoms with van der Waals surface area (Å²) < 4.78 is 25.6. The molecule has 108 valence electrons. The Bertz CT molecular complexity index is 717. The van der Waals surface area contributed by atoms with Crippen LogP contribution in [0.5, 0.6) is 0 Å². The van der Waals surface area contributed by atoms with Crippen molar-refractivity contribution in [3.63, 3.8) is 0 Å². The molecule has 20 heavy (non-hydrogen) atoms. The Morgan fingerprint density at radius 2 is 2.05 bits per heavy atom. The Labute approximate surface area is 118 Å². The largest absolute Gasteiger partial charge is 0.388 e. The van der Waals surface area contributed by atoms with E-state index >= 15 is 0 Å². The maximum Gasteiger partial charge on any atom is 0.153 e. The van der Waals surface area contributed by atoms with E-state index in [9.17, 15) is 13.5 Å². The number of hydrogen-bond donors (Lipinski definition) is 1. The number of aliphatic hydroxyl groups is 1. The second-order valence-corrected chi connectivity index (χ2v) is 7.65. The number of para-hydroxylation sites is 2. The Morgan fingerprint density at radius 1 is 1.30 bits per heavy atom. The molecule has 1 fully saturated rings. The molecule has 6 heteroatoms. The van der Waals surface area contributed by atoms with Crippen LogP contribution in [0.2, 0.25) is 0 Å². The molecule has 0 spiro atoms. The molecule has 1 aliphatic carbocycles. The zero-order valence-electron chi connectivity index (χ0n) is 11.2. The lowest BCUT2D eigenvalue weighted by atomic mass is 10.3. The van der Waals surface area contributed by atoms with Gasteiger partial charge in [-0.2, -0.15) is 0 Å². The number of aromatic nitrogens is 2. The van der Waals surface area contributed by atoms with Crippen LogP contribution >= 0.6 is 0 Å². The van der Waals surface area contributed by atoms with Crippen LogP contribution in [0.25, 0.3) is 11.0 Å². The first kappa shape index (κ1) is 13.6. The third-order valence-corrected chi connectivity index (χ3v) is 6.06. The zero-order chi connectivity index (χ0) is 14.2. The van der Waals surface area contributed by atoms with E-state index in [1.165, 1.54) is 0 Å². The van der Waals surface area contributed by atoms with E-state index in [4.69, 9.17) is 0 Å². The highest BCUT2D eigenvalue weighted by atomic mass is 32.2. The molecule has 1 N–H and O–H groups in total. The molecule has 5 nitrogen and oxygen atoms in total. The lowest BCUT2D eigenvalue weighted by Crippen LogP contribution is -2.14. The van der Waals surface area contributed by atoms with Crippen molar-refractivity contribution in [1.82, 2.24) is 9.55 Å². The predicted molar refractivity (Wildman–Crippen MR) is 77.1 cm³/mol. The van der Waals surface area contributed by atoms with Crippen LogP contribution in [0.4, 0.5) is 0 Å². The summed E-state index contributed by atoms with van der Waals surface area (Å²) in [6.07, 6.45) is 2.20. The van der Waals surface area contributed by atoms with Gasteiger partial charge in [-0.05, 0) is 31.4 Å². The predicted octanol–water partition coefficient (Wildman–Crippen LogP) is 1.50. The Morgan fingerprint density at radius 3 is 2.75 bits per heavy atom. The molecule has 0 radical (unpaired) electrons. The minimum Gasteiger partial charge on any atom is -0.388 e. The quantitative estimate of drug-likeness (QED) is 0.876. The van der Waals surface area contributed by atoms with Crippen molar-refractivity contribution in [2.75, 3.05) is 5.75 Å². The second-order valence-electron chi connectivity index (χ2n) is 5.25. The number of fused-ring (bicyclic) bond motifs is 1. The highest BCUT2D eigenvalue weighted by Crippen LogP contribution is 2.29. The average Bonchev–Trinajstić information content (AvgIpc) is 3.23. The van der Waals surface area contributed by atoms with E-state index < -0.39 is 9.84 Å². The second kappa shape index (κ2) is 5.18. The van der Waals surface area contributed by atoms with Gasteiger partial charge in [0.05, 0.1) is 22.0 Å². The van der Waals surface area contributed by atoms with E-state index in [-0.39, 0.29) is 17.6 Å². The van der Waals surface area contributed by atoms with Gasteiger partial charge in [0.25, 0.3) is 0 Å². The number of rotatable bonds is 6. The first-order valence-corrected chi connectivity index (χ1v) is 8.60. The van der Waals surface area contributed by atoms with E-state index in [0.717, 1.165) is 23.9 Å². The van der Waals surface area contributed by atoms with E-state index in [2.05, 4.69) is 4.98 Å². The van der Waals surface area contributed by atoms with E-state index in [1.54, 1.807) is 0 Å². The summed E-state index contributed by atoms with van der Waals surface area (Å²) in [6, 6.07) is 7.66. The first-order chi connectivity index (χ1) is 9.62. The molecule has 1 aromatic heterocycles. The van der Waals surface area contributed by atoms with Crippen molar-refractivity contribution in [3.05, 3.63) is 30.1 Å². The van der Waals surface area contributed by atoms with Crippen LogP contribution in [0, 0.1) is 0 Å². The topological polar surface area (TPSA) is 72.2 Å². The van der Waals surface area contributed by atoms with Crippen LogP contribution in [-0.4, -0.2) is 34.1 Å². The molecule has 1 aromatic carbocycles. The van der Waals surface area contributed by atoms with E-state index in [0.29, 0.717) is 18.8 Å². The third kappa shape index (κ3) is 2.58. The minimum atomic E-state index is -2.91. The smallest absolute Gasteiger partial charge is 0.153 e. The fraction of sp³-hybridized carbons (Fsp3) is 0.500. The molecule has 0 atom stereocenters. The Kier molecular flexibility index (Phi) is 3.52. The summed E-state index contributed by atoms with van der Waals surface area (Å²) in [5.41, 5.74) is 1.78. The van der Waals surface area contributed by atoms with Gasteiger partial charge < -0.3 is 9.67 Å². The van der Waals surface area contributed by atoms with Gasteiger partial charge in [-0.3, -0.25) is 0 Å². The lowest BCUT2D eigenvalue weighted by Gasteiger charge is -2.08. The van der Waals surface area contributed by atoms with Crippen molar-refractivity contribution in [2.24, 2.45) is 0 Å². The van der Waals surface area contributed by atoms with Gasteiger partial charge in [0.15, 0.2) is 9.84 Å². The van der Waals surface area contributed by atoms with Gasteiger partial charge in [-0.15, -0.1) is 0 Å². The van der Waals surface area contributed by atoms with Gasteiger partial charge in [-0.25, -0.2) is 13.4 Å². The summed E-state index contributed by atoms with van der Waals surface area (Å²) in [4.78, 5) is 4.36. The molecule has 1 heterocycles. The summed E-state index contributed by atoms with van der Waals surface area (Å²) in [6.45, 7) is 0.437. The fourth-order valence-corrected chi connectivity index (χ4v) is 4.23. The highest BCUT2D eigenvalue weighted by molar-refractivity contribution is 7.92. The molecule has 0 saturated heterocycles. The van der Waals surface area contributed by atoms with Crippen molar-refractivity contribution < 1.29 is 13.5 Å². The number of nitrogens with zero attached hydrogens (tertiary/aromatic N) is 2. The number of aliphatic hydroxyl groups excluding tert-OH is 1. The normalized spacial score (nSPS) is 15.8. The zero-order valence-corrected chi connectivity index (χ0v) is 12.0. The third-order valence-electron chi connectivity index (χ3n) is 3.72. The van der Waals surface area contributed by atoms with Crippen LogP contribution in [0.3, 0.4) is 0 Å². The molecule has 0 amide bonds. The molecular formula is C14H18N2O3S. The van der Waals surface area contributed by atoms with Crippen LogP contribution < -0.4 is 0 Å². The van der Waals surface area contributed by atoms with Gasteiger partial charge >= 0.3 is 0 Å². The lowest BCUT2D eigenvalue weighted by molar-refractivity contribution is 0.266. The van der Waals surface area contributed by atoms with Crippen molar-refractivity contribution in [1.29, 1.82) is 0 Å². The summed E-state index contributed by atoms with van der Waals surface area (Å²) in [7, 11) is -2.91. The highest BCUT2D eigenvalue weighted by Gasteiger charge is 2.34. The van der Waals surface area contributed by atoms with Crippen molar-refractivity contribution in [3.8, 4) is 0 Å².